The van der Waals surface area contributed by atoms with Gasteiger partial charge in [-0.15, -0.1) is 0 Å². The van der Waals surface area contributed by atoms with Crippen LogP contribution in [0.3, 0.4) is 0 Å². The van der Waals surface area contributed by atoms with Crippen molar-refractivity contribution >= 4 is 0 Å². The summed E-state index contributed by atoms with van der Waals surface area (Å²) < 4.78 is 0. The Hall–Kier alpha value is 0. The lowest BCUT2D eigenvalue weighted by molar-refractivity contribution is 0.168. The van der Waals surface area contributed by atoms with Crippen LogP contribution in [-0.2, 0) is 0 Å². The van der Waals surface area contributed by atoms with Gasteiger partial charge in [0.1, 0.15) is 0 Å². The first-order chi connectivity index (χ1) is 12.8. The zero-order valence-electron chi connectivity index (χ0n) is 18.8. The number of hydrogen-bond donors (Lipinski definition) is 0. The summed E-state index contributed by atoms with van der Waals surface area (Å²) in [5.74, 6) is 0. The molecule has 0 aliphatic heterocycles. The van der Waals surface area contributed by atoms with Crippen molar-refractivity contribution in [1.29, 1.82) is 0 Å². The zero-order chi connectivity index (χ0) is 18.8. The maximum atomic E-state index is 2.33. The maximum absolute atomic E-state index is 2.33. The summed E-state index contributed by atoms with van der Waals surface area (Å²) in [5.41, 5.74) is 0.729. The summed E-state index contributed by atoms with van der Waals surface area (Å²) in [4.78, 5) is 0. The van der Waals surface area contributed by atoms with Gasteiger partial charge in [0.25, 0.3) is 0 Å². The summed E-state index contributed by atoms with van der Waals surface area (Å²) in [6.07, 6.45) is 34.4. The third kappa shape index (κ3) is 12.4. The van der Waals surface area contributed by atoms with Crippen LogP contribution in [0.25, 0.3) is 0 Å². The van der Waals surface area contributed by atoms with Crippen LogP contribution < -0.4 is 0 Å². The molecule has 1 aliphatic carbocycles. The van der Waals surface area contributed by atoms with Gasteiger partial charge in [-0.3, -0.25) is 0 Å². The van der Waals surface area contributed by atoms with Gasteiger partial charge in [-0.05, 0) is 31.1 Å². The Labute approximate surface area is 167 Å². The molecule has 0 aromatic rings. The van der Waals surface area contributed by atoms with Crippen LogP contribution in [0.15, 0.2) is 0 Å². The normalized spacial score (nSPS) is 18.7. The van der Waals surface area contributed by atoms with E-state index in [1.165, 1.54) is 122 Å². The van der Waals surface area contributed by atoms with Crippen molar-refractivity contribution in [2.75, 3.05) is 0 Å². The minimum atomic E-state index is 0.729. The molecule has 0 aromatic heterocycles. The van der Waals surface area contributed by atoms with Gasteiger partial charge in [0.05, 0.1) is 0 Å². The van der Waals surface area contributed by atoms with Crippen molar-refractivity contribution in [3.05, 3.63) is 0 Å². The van der Waals surface area contributed by atoms with E-state index in [9.17, 15) is 0 Å². The summed E-state index contributed by atoms with van der Waals surface area (Å²) in [6.45, 7) is 4.66. The van der Waals surface area contributed by atoms with Gasteiger partial charge in [0, 0.05) is 0 Å². The van der Waals surface area contributed by atoms with Gasteiger partial charge < -0.3 is 0 Å². The summed E-state index contributed by atoms with van der Waals surface area (Å²) in [7, 11) is 0. The Balaban J connectivity index is 2.42. The molecule has 0 bridgehead atoms. The molecule has 156 valence electrons. The average molecular weight is 365 g/mol. The largest absolute Gasteiger partial charge is 0.0654 e. The highest BCUT2D eigenvalue weighted by Gasteiger charge is 2.28. The first kappa shape index (κ1) is 24.0. The Morgan fingerprint density at radius 3 is 1.19 bits per heavy atom. The predicted octanol–water partition coefficient (Wildman–Crippen LogP) is 10.00. The molecule has 0 spiro atoms. The Morgan fingerprint density at radius 1 is 0.423 bits per heavy atom. The Kier molecular flexibility index (Phi) is 15.8. The smallest absolute Gasteiger partial charge is 0.0297 e. The Morgan fingerprint density at radius 2 is 0.769 bits per heavy atom. The molecule has 0 unspecified atom stereocenters. The van der Waals surface area contributed by atoms with E-state index in [1.807, 2.05) is 0 Å². The fourth-order valence-corrected chi connectivity index (χ4v) is 5.19. The summed E-state index contributed by atoms with van der Waals surface area (Å²) >= 11 is 0. The first-order valence-electron chi connectivity index (χ1n) is 12.8. The standard InChI is InChI=1S/C26H52/c1-3-5-7-9-14-18-22-26(23-19-15-10-8-6-4-2)24-20-16-12-11-13-17-21-25-26/h3-25H2,1-2H3. The highest BCUT2D eigenvalue weighted by atomic mass is 14.3. The molecule has 1 rings (SSSR count). The van der Waals surface area contributed by atoms with Crippen LogP contribution >= 0.6 is 0 Å². The molecule has 1 saturated carbocycles. The van der Waals surface area contributed by atoms with Crippen molar-refractivity contribution < 1.29 is 0 Å². The van der Waals surface area contributed by atoms with Crippen LogP contribution in [0.2, 0.25) is 0 Å². The fraction of sp³-hybridized carbons (Fsp3) is 1.00. The molecule has 1 fully saturated rings. The predicted molar refractivity (Wildman–Crippen MR) is 120 cm³/mol. The molecule has 0 amide bonds. The maximum Gasteiger partial charge on any atom is -0.0297 e. The second-order valence-electron chi connectivity index (χ2n) is 9.51. The third-order valence-corrected chi connectivity index (χ3v) is 7.04. The molecular weight excluding hydrogens is 312 g/mol. The van der Waals surface area contributed by atoms with Crippen molar-refractivity contribution in [3.8, 4) is 0 Å². The third-order valence-electron chi connectivity index (χ3n) is 7.04. The number of hydrogen-bond acceptors (Lipinski definition) is 0. The number of rotatable bonds is 14. The second-order valence-corrected chi connectivity index (χ2v) is 9.51. The molecule has 0 heteroatoms. The highest BCUT2D eigenvalue weighted by molar-refractivity contribution is 4.80. The molecule has 0 N–H and O–H groups in total. The molecule has 1 aliphatic rings. The lowest BCUT2D eigenvalue weighted by atomic mass is 9.70. The quantitative estimate of drug-likeness (QED) is 0.269. The van der Waals surface area contributed by atoms with E-state index in [2.05, 4.69) is 13.8 Å². The van der Waals surface area contributed by atoms with E-state index in [0.717, 1.165) is 5.41 Å². The molecule has 0 atom stereocenters. The SMILES string of the molecule is CCCCCCCCC1(CCCCCCCC)CCCCCCCCC1. The van der Waals surface area contributed by atoms with E-state index in [-0.39, 0.29) is 0 Å². The minimum absolute atomic E-state index is 0.729. The van der Waals surface area contributed by atoms with Gasteiger partial charge in [-0.1, -0.05) is 136 Å². The highest BCUT2D eigenvalue weighted by Crippen LogP contribution is 2.42. The van der Waals surface area contributed by atoms with Gasteiger partial charge in [0.2, 0.25) is 0 Å². The van der Waals surface area contributed by atoms with E-state index in [4.69, 9.17) is 0 Å². The first-order valence-corrected chi connectivity index (χ1v) is 12.8. The molecule has 26 heavy (non-hydrogen) atoms. The topological polar surface area (TPSA) is 0 Å². The van der Waals surface area contributed by atoms with Crippen LogP contribution in [0.4, 0.5) is 0 Å². The van der Waals surface area contributed by atoms with Gasteiger partial charge in [-0.2, -0.15) is 0 Å². The minimum Gasteiger partial charge on any atom is -0.0654 e. The van der Waals surface area contributed by atoms with E-state index < -0.39 is 0 Å². The average Bonchev–Trinajstić information content (AvgIpc) is 2.66. The van der Waals surface area contributed by atoms with Crippen LogP contribution in [0, 0.1) is 5.41 Å². The second kappa shape index (κ2) is 17.1. The molecular formula is C26H52. The van der Waals surface area contributed by atoms with Gasteiger partial charge in [0.15, 0.2) is 0 Å². The number of unbranched alkanes of at least 4 members (excludes halogenated alkanes) is 10. The molecule has 0 nitrogen and oxygen atoms in total. The van der Waals surface area contributed by atoms with Crippen molar-refractivity contribution in [2.45, 2.75) is 162 Å². The lowest BCUT2D eigenvalue weighted by Gasteiger charge is -2.35. The van der Waals surface area contributed by atoms with Crippen LogP contribution in [0.1, 0.15) is 162 Å². The summed E-state index contributed by atoms with van der Waals surface area (Å²) in [6, 6.07) is 0. The van der Waals surface area contributed by atoms with E-state index in [0.29, 0.717) is 0 Å². The van der Waals surface area contributed by atoms with Crippen LogP contribution in [-0.4, -0.2) is 0 Å². The van der Waals surface area contributed by atoms with Gasteiger partial charge >= 0.3 is 0 Å². The molecule has 0 aromatic carbocycles. The van der Waals surface area contributed by atoms with E-state index >= 15 is 0 Å². The lowest BCUT2D eigenvalue weighted by Crippen LogP contribution is -2.22. The van der Waals surface area contributed by atoms with Crippen molar-refractivity contribution in [1.82, 2.24) is 0 Å². The van der Waals surface area contributed by atoms with Crippen LogP contribution in [0.5, 0.6) is 0 Å². The van der Waals surface area contributed by atoms with E-state index in [1.54, 1.807) is 25.7 Å². The zero-order valence-corrected chi connectivity index (χ0v) is 18.8. The monoisotopic (exact) mass is 364 g/mol. The fourth-order valence-electron chi connectivity index (χ4n) is 5.19. The summed E-state index contributed by atoms with van der Waals surface area (Å²) in [5, 5.41) is 0. The van der Waals surface area contributed by atoms with Gasteiger partial charge in [-0.25, -0.2) is 0 Å². The van der Waals surface area contributed by atoms with Crippen molar-refractivity contribution in [2.24, 2.45) is 5.41 Å². The molecule has 0 saturated heterocycles. The molecule has 0 radical (unpaired) electrons. The van der Waals surface area contributed by atoms with Crippen molar-refractivity contribution in [3.63, 3.8) is 0 Å². The molecule has 0 heterocycles. The Bertz CT molecular complexity index is 252.